The number of fused-ring (bicyclic) bond motifs is 1. The molecule has 0 spiro atoms. The van der Waals surface area contributed by atoms with E-state index in [-0.39, 0.29) is 0 Å². The molecule has 22 heavy (non-hydrogen) atoms. The smallest absolute Gasteiger partial charge is 0.194 e. The molecule has 0 saturated carbocycles. The van der Waals surface area contributed by atoms with Gasteiger partial charge in [-0.25, -0.2) is 0 Å². The molecule has 0 radical (unpaired) electrons. The molecule has 0 unspecified atom stereocenters. The number of nitrogens with zero attached hydrogens (tertiary/aromatic N) is 1. The number of hydrogen-bond acceptors (Lipinski definition) is 0. The Kier molecular flexibility index (Phi) is 2.72. The maximum atomic E-state index is 7.84. The Hall–Kier alpha value is -2.15. The quantitative estimate of drug-likeness (QED) is 0.563. The monoisotopic (exact) mass is 293 g/mol. The van der Waals surface area contributed by atoms with Crippen molar-refractivity contribution in [2.45, 2.75) is 34.5 Å². The van der Waals surface area contributed by atoms with Crippen molar-refractivity contribution in [2.75, 3.05) is 0 Å². The molecule has 3 aromatic rings. The van der Waals surface area contributed by atoms with Gasteiger partial charge in [0.05, 0.1) is 0 Å². The molecular formula is C21H24N+. The van der Waals surface area contributed by atoms with Gasteiger partial charge in [0.15, 0.2) is 0 Å². The molecule has 0 saturated heterocycles. The summed E-state index contributed by atoms with van der Waals surface area (Å²) in [5.41, 5.74) is 7.87. The van der Waals surface area contributed by atoms with E-state index < -0.39 is 6.85 Å². The third-order valence-corrected chi connectivity index (χ3v) is 4.47. The molecule has 1 nitrogen and oxygen atoms in total. The molecule has 3 rings (SSSR count). The fourth-order valence-electron chi connectivity index (χ4n) is 3.25. The SMILES string of the molecule is [2H]C([2H])([2H])c1cc(C)cc(-c2ccc3c(C)cc(C)cc3[n+]2C)c1C. The standard InChI is InChI=1S/C21H24N/c1-13-9-15(3)17(5)19(11-13)20-8-7-18-16(4)10-14(2)12-21(18)22(20)6/h7-12H,1-6H3/q+1/i3D3. The first-order valence-electron chi connectivity index (χ1n) is 9.11. The summed E-state index contributed by atoms with van der Waals surface area (Å²) in [5, 5.41) is 1.22. The minimum absolute atomic E-state index is 0.433. The van der Waals surface area contributed by atoms with Crippen LogP contribution in [0.4, 0.5) is 0 Å². The van der Waals surface area contributed by atoms with Crippen LogP contribution in [0.25, 0.3) is 22.2 Å². The van der Waals surface area contributed by atoms with E-state index in [1.165, 1.54) is 16.5 Å². The number of rotatable bonds is 1. The lowest BCUT2D eigenvalue weighted by Gasteiger charge is -2.11. The van der Waals surface area contributed by atoms with Crippen LogP contribution in [0.3, 0.4) is 0 Å². The lowest BCUT2D eigenvalue weighted by Crippen LogP contribution is -2.32. The molecule has 0 atom stereocenters. The summed E-state index contributed by atoms with van der Waals surface area (Å²) < 4.78 is 25.7. The largest absolute Gasteiger partial charge is 0.213 e. The second-order valence-electron chi connectivity index (χ2n) is 6.28. The van der Waals surface area contributed by atoms with Gasteiger partial charge in [-0.2, -0.15) is 4.57 Å². The van der Waals surface area contributed by atoms with Gasteiger partial charge >= 0.3 is 0 Å². The highest BCUT2D eigenvalue weighted by Gasteiger charge is 2.18. The summed E-state index contributed by atoms with van der Waals surface area (Å²) in [5.74, 6) is 0. The molecule has 0 amide bonds. The van der Waals surface area contributed by atoms with Crippen molar-refractivity contribution in [3.05, 3.63) is 64.2 Å². The van der Waals surface area contributed by atoms with Gasteiger partial charge in [-0.05, 0) is 68.9 Å². The summed E-state index contributed by atoms with van der Waals surface area (Å²) in [7, 11) is 2.05. The van der Waals surface area contributed by atoms with Gasteiger partial charge in [-0.15, -0.1) is 0 Å². The van der Waals surface area contributed by atoms with E-state index in [9.17, 15) is 0 Å². The molecule has 1 aromatic heterocycles. The Labute approximate surface area is 137 Å². The lowest BCUT2D eigenvalue weighted by molar-refractivity contribution is -0.633. The Bertz CT molecular complexity index is 985. The minimum atomic E-state index is -2.10. The van der Waals surface area contributed by atoms with Crippen LogP contribution in [-0.4, -0.2) is 0 Å². The van der Waals surface area contributed by atoms with E-state index in [0.29, 0.717) is 5.56 Å². The number of aryl methyl sites for hydroxylation is 5. The van der Waals surface area contributed by atoms with E-state index in [1.807, 2.05) is 20.9 Å². The Morgan fingerprint density at radius 2 is 1.55 bits per heavy atom. The highest BCUT2D eigenvalue weighted by Crippen LogP contribution is 2.27. The van der Waals surface area contributed by atoms with E-state index in [4.69, 9.17) is 4.11 Å². The molecule has 0 aliphatic carbocycles. The molecule has 1 heterocycles. The van der Waals surface area contributed by atoms with E-state index >= 15 is 0 Å². The van der Waals surface area contributed by atoms with Gasteiger partial charge in [-0.3, -0.25) is 0 Å². The summed E-state index contributed by atoms with van der Waals surface area (Å²) in [6, 6.07) is 12.5. The van der Waals surface area contributed by atoms with E-state index in [0.717, 1.165) is 27.9 Å². The van der Waals surface area contributed by atoms with Gasteiger partial charge in [0.2, 0.25) is 11.2 Å². The molecular weight excluding hydrogens is 266 g/mol. The summed E-state index contributed by atoms with van der Waals surface area (Å²) in [4.78, 5) is 0. The second kappa shape index (κ2) is 5.24. The Morgan fingerprint density at radius 1 is 0.864 bits per heavy atom. The van der Waals surface area contributed by atoms with Crippen molar-refractivity contribution in [3.8, 4) is 11.3 Å². The van der Waals surface area contributed by atoms with Crippen molar-refractivity contribution in [3.63, 3.8) is 0 Å². The lowest BCUT2D eigenvalue weighted by atomic mass is 9.96. The van der Waals surface area contributed by atoms with Crippen LogP contribution < -0.4 is 4.57 Å². The zero-order chi connectivity index (χ0) is 18.5. The highest BCUT2D eigenvalue weighted by molar-refractivity contribution is 5.82. The first-order valence-corrected chi connectivity index (χ1v) is 7.61. The van der Waals surface area contributed by atoms with Crippen LogP contribution >= 0.6 is 0 Å². The summed E-state index contributed by atoms with van der Waals surface area (Å²) in [6.45, 7) is 5.98. The average molecular weight is 293 g/mol. The van der Waals surface area contributed by atoms with Crippen molar-refractivity contribution >= 4 is 10.9 Å². The second-order valence-corrected chi connectivity index (χ2v) is 6.28. The van der Waals surface area contributed by atoms with Crippen LogP contribution in [0.15, 0.2) is 36.4 Å². The maximum Gasteiger partial charge on any atom is 0.213 e. The maximum absolute atomic E-state index is 7.84. The third kappa shape index (κ3) is 2.31. The molecule has 0 fully saturated rings. The fourth-order valence-corrected chi connectivity index (χ4v) is 3.25. The molecule has 1 heteroatoms. The Balaban J connectivity index is 2.35. The van der Waals surface area contributed by atoms with Gasteiger partial charge in [0.1, 0.15) is 7.05 Å². The number of pyridine rings is 1. The molecule has 0 bridgehead atoms. The molecule has 112 valence electrons. The zero-order valence-electron chi connectivity index (χ0n) is 16.9. The average Bonchev–Trinajstić information content (AvgIpc) is 2.49. The number of aromatic nitrogens is 1. The fraction of sp³-hybridized carbons (Fsp3) is 0.286. The van der Waals surface area contributed by atoms with Crippen molar-refractivity contribution in [1.29, 1.82) is 0 Å². The van der Waals surface area contributed by atoms with E-state index in [1.54, 1.807) is 6.07 Å². The van der Waals surface area contributed by atoms with Crippen molar-refractivity contribution < 1.29 is 8.68 Å². The van der Waals surface area contributed by atoms with Crippen LogP contribution in [-0.2, 0) is 7.05 Å². The first kappa shape index (κ1) is 11.4. The molecule has 2 aromatic carbocycles. The first-order chi connectivity index (χ1) is 11.6. The third-order valence-electron chi connectivity index (χ3n) is 4.47. The highest BCUT2D eigenvalue weighted by atomic mass is 14.9. The van der Waals surface area contributed by atoms with Gasteiger partial charge in [-0.1, -0.05) is 17.7 Å². The summed E-state index contributed by atoms with van der Waals surface area (Å²) >= 11 is 0. The van der Waals surface area contributed by atoms with Crippen LogP contribution in [0, 0.1) is 34.5 Å². The molecule has 0 N–H and O–H groups in total. The normalized spacial score (nSPS) is 13.8. The zero-order valence-corrected chi connectivity index (χ0v) is 13.9. The number of hydrogen-bond donors (Lipinski definition) is 0. The minimum Gasteiger partial charge on any atom is -0.194 e. The predicted molar refractivity (Wildman–Crippen MR) is 94.2 cm³/mol. The van der Waals surface area contributed by atoms with Gasteiger partial charge in [0, 0.05) is 27.2 Å². The molecule has 0 aliphatic heterocycles. The van der Waals surface area contributed by atoms with E-state index in [2.05, 4.69) is 48.7 Å². The van der Waals surface area contributed by atoms with Crippen LogP contribution in [0.5, 0.6) is 0 Å². The van der Waals surface area contributed by atoms with Crippen LogP contribution in [0.2, 0.25) is 0 Å². The van der Waals surface area contributed by atoms with Crippen LogP contribution in [0.1, 0.15) is 31.9 Å². The number of benzene rings is 2. The van der Waals surface area contributed by atoms with Gasteiger partial charge < -0.3 is 0 Å². The predicted octanol–water partition coefficient (Wildman–Crippen LogP) is 4.87. The van der Waals surface area contributed by atoms with Gasteiger partial charge in [0.25, 0.3) is 0 Å². The van der Waals surface area contributed by atoms with Crippen molar-refractivity contribution in [2.24, 2.45) is 7.05 Å². The van der Waals surface area contributed by atoms with Crippen molar-refractivity contribution in [1.82, 2.24) is 0 Å². The Morgan fingerprint density at radius 3 is 2.27 bits per heavy atom. The summed E-state index contributed by atoms with van der Waals surface area (Å²) in [6.07, 6.45) is 0. The topological polar surface area (TPSA) is 3.88 Å². The molecule has 0 aliphatic rings.